The van der Waals surface area contributed by atoms with E-state index in [-0.39, 0.29) is 0 Å². The molecule has 2 aromatic carbocycles. The van der Waals surface area contributed by atoms with Gasteiger partial charge in [0.25, 0.3) is 0 Å². The lowest BCUT2D eigenvalue weighted by Gasteiger charge is -2.18. The molecule has 1 heterocycles. The maximum Gasteiger partial charge on any atom is 0.204 e. The SMILES string of the molecule is CCOc1cc2ncnc(N/N=C/c3ccc(OC)c(OC)c3)c2c(OCC)c1OCC. The number of hydrogen-bond acceptors (Lipinski definition) is 9. The molecular formula is C23H28N4O5. The average molecular weight is 441 g/mol. The molecule has 1 aromatic heterocycles. The summed E-state index contributed by atoms with van der Waals surface area (Å²) in [6.07, 6.45) is 3.12. The fraction of sp³-hybridized carbons (Fsp3) is 0.348. The van der Waals surface area contributed by atoms with Crippen LogP contribution in [-0.4, -0.2) is 50.2 Å². The fourth-order valence-electron chi connectivity index (χ4n) is 3.16. The Kier molecular flexibility index (Phi) is 7.91. The fourth-order valence-corrected chi connectivity index (χ4v) is 3.16. The van der Waals surface area contributed by atoms with E-state index < -0.39 is 0 Å². The van der Waals surface area contributed by atoms with Gasteiger partial charge in [-0.2, -0.15) is 5.10 Å². The Balaban J connectivity index is 2.01. The van der Waals surface area contributed by atoms with Gasteiger partial charge >= 0.3 is 0 Å². The molecule has 32 heavy (non-hydrogen) atoms. The van der Waals surface area contributed by atoms with Crippen molar-refractivity contribution in [3.05, 3.63) is 36.2 Å². The Morgan fingerprint density at radius 3 is 2.25 bits per heavy atom. The first-order chi connectivity index (χ1) is 15.7. The highest BCUT2D eigenvalue weighted by molar-refractivity contribution is 5.98. The van der Waals surface area contributed by atoms with Crippen molar-refractivity contribution >= 4 is 22.9 Å². The smallest absolute Gasteiger partial charge is 0.204 e. The molecule has 0 unspecified atom stereocenters. The zero-order chi connectivity index (χ0) is 22.9. The molecule has 9 nitrogen and oxygen atoms in total. The van der Waals surface area contributed by atoms with Crippen LogP contribution >= 0.6 is 0 Å². The van der Waals surface area contributed by atoms with Crippen LogP contribution in [0.15, 0.2) is 35.7 Å². The molecule has 0 spiro atoms. The number of ether oxygens (including phenoxy) is 5. The number of anilines is 1. The van der Waals surface area contributed by atoms with Crippen LogP contribution < -0.4 is 29.1 Å². The molecule has 3 aromatic rings. The van der Waals surface area contributed by atoms with Gasteiger partial charge in [-0.25, -0.2) is 9.97 Å². The topological polar surface area (TPSA) is 96.3 Å². The van der Waals surface area contributed by atoms with Crippen LogP contribution in [0.1, 0.15) is 26.3 Å². The summed E-state index contributed by atoms with van der Waals surface area (Å²) in [7, 11) is 3.18. The Morgan fingerprint density at radius 1 is 0.844 bits per heavy atom. The number of hydrogen-bond donors (Lipinski definition) is 1. The first-order valence-electron chi connectivity index (χ1n) is 10.4. The van der Waals surface area contributed by atoms with Gasteiger partial charge in [0.15, 0.2) is 28.8 Å². The van der Waals surface area contributed by atoms with Crippen LogP contribution in [0.2, 0.25) is 0 Å². The van der Waals surface area contributed by atoms with Crippen molar-refractivity contribution in [2.45, 2.75) is 20.8 Å². The molecule has 170 valence electrons. The van der Waals surface area contributed by atoms with Gasteiger partial charge in [0.1, 0.15) is 6.33 Å². The van der Waals surface area contributed by atoms with Gasteiger partial charge in [0.2, 0.25) is 5.75 Å². The molecule has 3 rings (SSSR count). The van der Waals surface area contributed by atoms with E-state index in [1.165, 1.54) is 6.33 Å². The first-order valence-corrected chi connectivity index (χ1v) is 10.4. The van der Waals surface area contributed by atoms with Crippen molar-refractivity contribution in [3.63, 3.8) is 0 Å². The summed E-state index contributed by atoms with van der Waals surface area (Å²) in [6.45, 7) is 7.11. The summed E-state index contributed by atoms with van der Waals surface area (Å²) in [5, 5.41) is 5.00. The molecule has 0 atom stereocenters. The van der Waals surface area contributed by atoms with Crippen molar-refractivity contribution in [2.75, 3.05) is 39.5 Å². The van der Waals surface area contributed by atoms with E-state index in [9.17, 15) is 0 Å². The van der Waals surface area contributed by atoms with Crippen molar-refractivity contribution < 1.29 is 23.7 Å². The van der Waals surface area contributed by atoms with Gasteiger partial charge in [0, 0.05) is 6.07 Å². The quantitative estimate of drug-likeness (QED) is 0.348. The van der Waals surface area contributed by atoms with Crippen molar-refractivity contribution in [3.8, 4) is 28.7 Å². The lowest BCUT2D eigenvalue weighted by molar-refractivity contribution is 0.263. The van der Waals surface area contributed by atoms with Gasteiger partial charge in [-0.15, -0.1) is 0 Å². The standard InChI is InChI=1S/C23H28N4O5/c1-6-30-19-12-16-20(22(32-8-3)21(19)31-7-2)23(25-14-24-16)27-26-13-15-9-10-17(28-4)18(11-15)29-5/h9-14H,6-8H2,1-5H3,(H,24,25,27)/b26-13+. The molecular weight excluding hydrogens is 412 g/mol. The minimum Gasteiger partial charge on any atom is -0.493 e. The van der Waals surface area contributed by atoms with E-state index >= 15 is 0 Å². The van der Waals surface area contributed by atoms with Crippen LogP contribution in [0.5, 0.6) is 28.7 Å². The summed E-state index contributed by atoms with van der Waals surface area (Å²) in [6, 6.07) is 7.33. The van der Waals surface area contributed by atoms with Crippen LogP contribution in [0.25, 0.3) is 10.9 Å². The molecule has 9 heteroatoms. The number of methoxy groups -OCH3 is 2. The molecule has 0 saturated carbocycles. The minimum absolute atomic E-state index is 0.438. The Bertz CT molecular complexity index is 1090. The predicted molar refractivity (Wildman–Crippen MR) is 124 cm³/mol. The number of rotatable bonds is 11. The molecule has 0 fully saturated rings. The second-order valence-corrected chi connectivity index (χ2v) is 6.43. The normalized spacial score (nSPS) is 10.9. The summed E-state index contributed by atoms with van der Waals surface area (Å²) >= 11 is 0. The van der Waals surface area contributed by atoms with Gasteiger partial charge in [-0.05, 0) is 44.5 Å². The Morgan fingerprint density at radius 2 is 1.56 bits per heavy atom. The number of aromatic nitrogens is 2. The van der Waals surface area contributed by atoms with Crippen LogP contribution in [0.3, 0.4) is 0 Å². The summed E-state index contributed by atoms with van der Waals surface area (Å²) < 4.78 is 28.2. The largest absolute Gasteiger partial charge is 0.493 e. The van der Waals surface area contributed by atoms with E-state index in [1.54, 1.807) is 20.4 Å². The zero-order valence-electron chi connectivity index (χ0n) is 19.0. The van der Waals surface area contributed by atoms with Gasteiger partial charge in [0.05, 0.1) is 51.2 Å². The van der Waals surface area contributed by atoms with E-state index in [1.807, 2.05) is 45.0 Å². The molecule has 0 amide bonds. The molecule has 0 aliphatic rings. The maximum absolute atomic E-state index is 5.94. The summed E-state index contributed by atoms with van der Waals surface area (Å²) in [5.74, 6) is 3.36. The lowest BCUT2D eigenvalue weighted by atomic mass is 10.1. The lowest BCUT2D eigenvalue weighted by Crippen LogP contribution is -2.05. The summed E-state index contributed by atoms with van der Waals surface area (Å²) in [4.78, 5) is 8.75. The minimum atomic E-state index is 0.438. The Labute approximate surface area is 187 Å². The van der Waals surface area contributed by atoms with E-state index in [4.69, 9.17) is 23.7 Å². The van der Waals surface area contributed by atoms with Crippen molar-refractivity contribution in [2.24, 2.45) is 5.10 Å². The van der Waals surface area contributed by atoms with Gasteiger partial charge in [-0.1, -0.05) is 0 Å². The number of fused-ring (bicyclic) bond motifs is 1. The highest BCUT2D eigenvalue weighted by Crippen LogP contribution is 2.45. The third kappa shape index (κ3) is 4.93. The van der Waals surface area contributed by atoms with Crippen LogP contribution in [0, 0.1) is 0 Å². The average Bonchev–Trinajstić information content (AvgIpc) is 2.81. The Hall–Kier alpha value is -3.75. The van der Waals surface area contributed by atoms with Gasteiger partial charge < -0.3 is 23.7 Å². The van der Waals surface area contributed by atoms with Crippen molar-refractivity contribution in [1.29, 1.82) is 0 Å². The highest BCUT2D eigenvalue weighted by Gasteiger charge is 2.21. The second kappa shape index (κ2) is 11.0. The number of nitrogens with zero attached hydrogens (tertiary/aromatic N) is 3. The number of nitrogens with one attached hydrogen (secondary N) is 1. The predicted octanol–water partition coefficient (Wildman–Crippen LogP) is 4.29. The zero-order valence-corrected chi connectivity index (χ0v) is 19.0. The monoisotopic (exact) mass is 440 g/mol. The molecule has 0 aliphatic carbocycles. The first kappa shape index (κ1) is 22.9. The molecule has 0 radical (unpaired) electrons. The van der Waals surface area contributed by atoms with E-state index in [2.05, 4.69) is 20.5 Å². The summed E-state index contributed by atoms with van der Waals surface area (Å²) in [5.41, 5.74) is 4.47. The third-order valence-electron chi connectivity index (χ3n) is 4.47. The van der Waals surface area contributed by atoms with Gasteiger partial charge in [-0.3, -0.25) is 5.43 Å². The van der Waals surface area contributed by atoms with E-state index in [0.29, 0.717) is 65.3 Å². The maximum atomic E-state index is 5.94. The highest BCUT2D eigenvalue weighted by atomic mass is 16.5. The van der Waals surface area contributed by atoms with Crippen LogP contribution in [0.4, 0.5) is 5.82 Å². The molecule has 1 N–H and O–H groups in total. The molecule has 0 bridgehead atoms. The second-order valence-electron chi connectivity index (χ2n) is 6.43. The molecule has 0 saturated heterocycles. The van der Waals surface area contributed by atoms with E-state index in [0.717, 1.165) is 5.56 Å². The van der Waals surface area contributed by atoms with Crippen molar-refractivity contribution in [1.82, 2.24) is 9.97 Å². The number of benzene rings is 2. The number of hydrazone groups is 1. The molecule has 0 aliphatic heterocycles. The van der Waals surface area contributed by atoms with Crippen LogP contribution in [-0.2, 0) is 0 Å². The third-order valence-corrected chi connectivity index (χ3v) is 4.47.